The lowest BCUT2D eigenvalue weighted by atomic mass is 10.2. The number of ether oxygens (including phenoxy) is 1. The van der Waals surface area contributed by atoms with E-state index in [1.54, 1.807) is 31.3 Å². The van der Waals surface area contributed by atoms with E-state index in [1.807, 2.05) is 13.8 Å². The van der Waals surface area contributed by atoms with Gasteiger partial charge in [-0.05, 0) is 38.1 Å². The molecule has 0 saturated carbocycles. The molecular formula is C13H18N2O3. The summed E-state index contributed by atoms with van der Waals surface area (Å²) in [5.74, 6) is -0.755. The van der Waals surface area contributed by atoms with Crippen LogP contribution in [0, 0.1) is 0 Å². The molecule has 0 radical (unpaired) electrons. The van der Waals surface area contributed by atoms with Gasteiger partial charge in [-0.2, -0.15) is 0 Å². The Morgan fingerprint density at radius 1 is 1.28 bits per heavy atom. The fourth-order valence-electron chi connectivity index (χ4n) is 1.22. The number of esters is 1. The summed E-state index contributed by atoms with van der Waals surface area (Å²) in [6.07, 6.45) is 0. The normalized spacial score (nSPS) is 10.2. The summed E-state index contributed by atoms with van der Waals surface area (Å²) >= 11 is 0. The zero-order valence-corrected chi connectivity index (χ0v) is 10.8. The predicted molar refractivity (Wildman–Crippen MR) is 69.0 cm³/mol. The number of hydrogen-bond donors (Lipinski definition) is 1. The molecule has 0 fully saturated rings. The molecule has 0 atom stereocenters. The van der Waals surface area contributed by atoms with Crippen LogP contribution >= 0.6 is 0 Å². The fraction of sp³-hybridized carbons (Fsp3) is 0.385. The molecule has 1 amide bonds. The molecular weight excluding hydrogens is 232 g/mol. The zero-order chi connectivity index (χ0) is 13.7. The van der Waals surface area contributed by atoms with Gasteiger partial charge in [0.15, 0.2) is 6.61 Å². The molecule has 0 heterocycles. The van der Waals surface area contributed by atoms with Crippen molar-refractivity contribution < 1.29 is 14.3 Å². The first-order chi connectivity index (χ1) is 8.41. The lowest BCUT2D eigenvalue weighted by molar-refractivity contribution is -0.134. The highest BCUT2D eigenvalue weighted by Crippen LogP contribution is 2.07. The van der Waals surface area contributed by atoms with Gasteiger partial charge in [-0.3, -0.25) is 4.79 Å². The average molecular weight is 250 g/mol. The van der Waals surface area contributed by atoms with E-state index in [4.69, 9.17) is 10.5 Å². The molecule has 0 spiro atoms. The summed E-state index contributed by atoms with van der Waals surface area (Å²) in [5, 5.41) is 0. The van der Waals surface area contributed by atoms with Crippen molar-refractivity contribution in [2.75, 3.05) is 19.4 Å². The van der Waals surface area contributed by atoms with E-state index in [0.29, 0.717) is 11.3 Å². The molecule has 2 N–H and O–H groups in total. The minimum Gasteiger partial charge on any atom is -0.452 e. The molecule has 0 bridgehead atoms. The number of nitrogens with zero attached hydrogens (tertiary/aromatic N) is 1. The van der Waals surface area contributed by atoms with Crippen molar-refractivity contribution in [1.29, 1.82) is 0 Å². The molecule has 1 rings (SSSR count). The zero-order valence-electron chi connectivity index (χ0n) is 10.8. The lowest BCUT2D eigenvalue weighted by Gasteiger charge is -2.21. The van der Waals surface area contributed by atoms with Gasteiger partial charge < -0.3 is 15.4 Å². The van der Waals surface area contributed by atoms with E-state index in [1.165, 1.54) is 4.90 Å². The molecule has 0 aliphatic carbocycles. The SMILES string of the molecule is CC(C)N(C)C(=O)COC(=O)c1ccc(N)cc1. The maximum Gasteiger partial charge on any atom is 0.338 e. The van der Waals surface area contributed by atoms with Gasteiger partial charge in [-0.15, -0.1) is 0 Å². The van der Waals surface area contributed by atoms with Crippen molar-refractivity contribution in [2.45, 2.75) is 19.9 Å². The van der Waals surface area contributed by atoms with E-state index in [0.717, 1.165) is 0 Å². The van der Waals surface area contributed by atoms with Crippen LogP contribution in [0.15, 0.2) is 24.3 Å². The second-order valence-corrected chi connectivity index (χ2v) is 4.30. The van der Waals surface area contributed by atoms with Gasteiger partial charge in [0.2, 0.25) is 0 Å². The Bertz CT molecular complexity index is 426. The van der Waals surface area contributed by atoms with E-state index in [9.17, 15) is 9.59 Å². The number of hydrogen-bond acceptors (Lipinski definition) is 4. The number of nitrogens with two attached hydrogens (primary N) is 1. The standard InChI is InChI=1S/C13H18N2O3/c1-9(2)15(3)12(16)8-18-13(17)10-4-6-11(14)7-5-10/h4-7,9H,8,14H2,1-3H3. The lowest BCUT2D eigenvalue weighted by Crippen LogP contribution is -2.36. The minimum atomic E-state index is -0.527. The number of amides is 1. The number of anilines is 1. The number of carbonyl (C=O) groups is 2. The minimum absolute atomic E-state index is 0.0766. The van der Waals surface area contributed by atoms with Crippen molar-refractivity contribution in [3.8, 4) is 0 Å². The fourth-order valence-corrected chi connectivity index (χ4v) is 1.22. The van der Waals surface area contributed by atoms with Crippen LogP contribution in [0.5, 0.6) is 0 Å². The Morgan fingerprint density at radius 2 is 1.83 bits per heavy atom. The van der Waals surface area contributed by atoms with Crippen molar-refractivity contribution in [3.63, 3.8) is 0 Å². The first kappa shape index (κ1) is 14.0. The summed E-state index contributed by atoms with van der Waals surface area (Å²) < 4.78 is 4.93. The summed E-state index contributed by atoms with van der Waals surface area (Å²) in [6, 6.07) is 6.42. The maximum absolute atomic E-state index is 11.6. The third-order valence-electron chi connectivity index (χ3n) is 2.64. The molecule has 0 aliphatic heterocycles. The number of benzene rings is 1. The van der Waals surface area contributed by atoms with Crippen LogP contribution in [0.2, 0.25) is 0 Å². The van der Waals surface area contributed by atoms with Crippen LogP contribution in [0.4, 0.5) is 5.69 Å². The molecule has 0 unspecified atom stereocenters. The molecule has 1 aromatic rings. The topological polar surface area (TPSA) is 72.6 Å². The molecule has 0 aromatic heterocycles. The van der Waals surface area contributed by atoms with Crippen molar-refractivity contribution >= 4 is 17.6 Å². The monoisotopic (exact) mass is 250 g/mol. The van der Waals surface area contributed by atoms with E-state index in [-0.39, 0.29) is 18.6 Å². The molecule has 0 aliphatic rings. The van der Waals surface area contributed by atoms with Crippen LogP contribution < -0.4 is 5.73 Å². The summed E-state index contributed by atoms with van der Waals surface area (Å²) in [7, 11) is 1.67. The molecule has 0 saturated heterocycles. The third-order valence-corrected chi connectivity index (χ3v) is 2.64. The Labute approximate surface area is 107 Å². The number of likely N-dealkylation sites (N-methyl/N-ethyl adjacent to an activating group) is 1. The van der Waals surface area contributed by atoms with Gasteiger partial charge in [-0.25, -0.2) is 4.79 Å². The van der Waals surface area contributed by atoms with Crippen LogP contribution in [-0.4, -0.2) is 36.5 Å². The first-order valence-electron chi connectivity index (χ1n) is 5.70. The highest BCUT2D eigenvalue weighted by atomic mass is 16.5. The van der Waals surface area contributed by atoms with Gasteiger partial charge in [0, 0.05) is 18.8 Å². The smallest absolute Gasteiger partial charge is 0.338 e. The second-order valence-electron chi connectivity index (χ2n) is 4.30. The Kier molecular flexibility index (Phi) is 4.71. The summed E-state index contributed by atoms with van der Waals surface area (Å²) in [6.45, 7) is 3.53. The quantitative estimate of drug-likeness (QED) is 0.645. The van der Waals surface area contributed by atoms with Crippen LogP contribution in [-0.2, 0) is 9.53 Å². The summed E-state index contributed by atoms with van der Waals surface area (Å²) in [4.78, 5) is 24.7. The number of nitrogen functional groups attached to an aromatic ring is 1. The van der Waals surface area contributed by atoms with Crippen LogP contribution in [0.1, 0.15) is 24.2 Å². The molecule has 98 valence electrons. The molecule has 1 aromatic carbocycles. The Hall–Kier alpha value is -2.04. The van der Waals surface area contributed by atoms with Gasteiger partial charge in [-0.1, -0.05) is 0 Å². The number of carbonyl (C=O) groups excluding carboxylic acids is 2. The third kappa shape index (κ3) is 3.76. The van der Waals surface area contributed by atoms with E-state index >= 15 is 0 Å². The van der Waals surface area contributed by atoms with Gasteiger partial charge in [0.25, 0.3) is 5.91 Å². The Morgan fingerprint density at radius 3 is 2.33 bits per heavy atom. The molecule has 5 heteroatoms. The maximum atomic E-state index is 11.6. The largest absolute Gasteiger partial charge is 0.452 e. The van der Waals surface area contributed by atoms with Gasteiger partial charge in [0.05, 0.1) is 5.56 Å². The highest BCUT2D eigenvalue weighted by Gasteiger charge is 2.15. The van der Waals surface area contributed by atoms with Crippen LogP contribution in [0.3, 0.4) is 0 Å². The molecule has 18 heavy (non-hydrogen) atoms. The van der Waals surface area contributed by atoms with E-state index < -0.39 is 5.97 Å². The Balaban J connectivity index is 2.51. The van der Waals surface area contributed by atoms with Gasteiger partial charge >= 0.3 is 5.97 Å². The van der Waals surface area contributed by atoms with E-state index in [2.05, 4.69) is 0 Å². The van der Waals surface area contributed by atoms with Crippen molar-refractivity contribution in [3.05, 3.63) is 29.8 Å². The van der Waals surface area contributed by atoms with Crippen molar-refractivity contribution in [2.24, 2.45) is 0 Å². The van der Waals surface area contributed by atoms with Crippen molar-refractivity contribution in [1.82, 2.24) is 4.90 Å². The predicted octanol–water partition coefficient (Wildman–Crippen LogP) is 1.29. The second kappa shape index (κ2) is 6.05. The first-order valence-corrected chi connectivity index (χ1v) is 5.70. The molecule has 5 nitrogen and oxygen atoms in total. The van der Waals surface area contributed by atoms with Crippen LogP contribution in [0.25, 0.3) is 0 Å². The van der Waals surface area contributed by atoms with Gasteiger partial charge in [0.1, 0.15) is 0 Å². The number of rotatable bonds is 4. The summed E-state index contributed by atoms with van der Waals surface area (Å²) in [5.41, 5.74) is 6.46. The highest BCUT2D eigenvalue weighted by molar-refractivity contribution is 5.91. The average Bonchev–Trinajstić information content (AvgIpc) is 2.35.